The molecule has 0 spiro atoms. The van der Waals surface area contributed by atoms with Gasteiger partial charge in [-0.25, -0.2) is 13.8 Å². The number of aromatic amines is 1. The Balaban J connectivity index is 1.97. The van der Waals surface area contributed by atoms with Crippen molar-refractivity contribution in [2.24, 2.45) is 0 Å². The summed E-state index contributed by atoms with van der Waals surface area (Å²) in [5.74, 6) is -0.774. The van der Waals surface area contributed by atoms with E-state index < -0.39 is 11.6 Å². The van der Waals surface area contributed by atoms with E-state index >= 15 is 0 Å². The van der Waals surface area contributed by atoms with Crippen molar-refractivity contribution >= 4 is 5.91 Å². The number of H-pyrrole nitrogens is 1. The fourth-order valence-electron chi connectivity index (χ4n) is 2.29. The molecule has 0 bridgehead atoms. The third kappa shape index (κ3) is 4.85. The number of halogens is 2. The molecule has 0 aliphatic rings. The summed E-state index contributed by atoms with van der Waals surface area (Å²) >= 11 is 0. The lowest BCUT2D eigenvalue weighted by atomic mass is 10.1. The summed E-state index contributed by atoms with van der Waals surface area (Å²) in [4.78, 5) is 20.8. The fraction of sp³-hybridized carbons (Fsp3) is 0.375. The van der Waals surface area contributed by atoms with Gasteiger partial charge in [-0.2, -0.15) is 0 Å². The summed E-state index contributed by atoms with van der Waals surface area (Å²) in [5.41, 5.74) is 1.05. The smallest absolute Gasteiger partial charge is 0.223 e. The number of hydrogen-bond acceptors (Lipinski definition) is 3. The average Bonchev–Trinajstić information content (AvgIpc) is 2.91. The van der Waals surface area contributed by atoms with Crippen LogP contribution >= 0.6 is 0 Å². The Hall–Kier alpha value is -2.28. The van der Waals surface area contributed by atoms with Gasteiger partial charge in [0.1, 0.15) is 17.5 Å². The highest BCUT2D eigenvalue weighted by Gasteiger charge is 2.15. The molecule has 0 atom stereocenters. The quantitative estimate of drug-likeness (QED) is 0.818. The Bertz CT molecular complexity index is 673. The standard InChI is InChI=1S/C16H19F2N3O2/c1-11-19-9-14(20-11)10-21(6-7-22)16(23)5-3-12-2-4-13(17)8-15(12)18/h2,4,8-9,22H,3,5-7,10H2,1H3,(H,19,20). The van der Waals surface area contributed by atoms with E-state index in [0.29, 0.717) is 12.1 Å². The molecule has 1 amide bonds. The molecular formula is C16H19F2N3O2. The van der Waals surface area contributed by atoms with Crippen LogP contribution in [0.2, 0.25) is 0 Å². The molecule has 2 aromatic rings. The summed E-state index contributed by atoms with van der Waals surface area (Å²) in [6.07, 6.45) is 1.89. The molecule has 0 unspecified atom stereocenters. The van der Waals surface area contributed by atoms with Crippen LogP contribution in [0.1, 0.15) is 23.5 Å². The topological polar surface area (TPSA) is 69.2 Å². The van der Waals surface area contributed by atoms with Crippen LogP contribution in [0.3, 0.4) is 0 Å². The lowest BCUT2D eigenvalue weighted by Crippen LogP contribution is -2.33. The van der Waals surface area contributed by atoms with E-state index in [9.17, 15) is 13.6 Å². The predicted molar refractivity (Wildman–Crippen MR) is 80.5 cm³/mol. The number of carbonyl (C=O) groups is 1. The number of amides is 1. The second-order valence-electron chi connectivity index (χ2n) is 5.27. The normalized spacial score (nSPS) is 10.8. The van der Waals surface area contributed by atoms with Gasteiger partial charge in [0.15, 0.2) is 0 Å². The molecule has 1 aromatic carbocycles. The number of aliphatic hydroxyl groups excluding tert-OH is 1. The minimum absolute atomic E-state index is 0.0790. The maximum atomic E-state index is 13.6. The zero-order chi connectivity index (χ0) is 16.8. The third-order valence-electron chi connectivity index (χ3n) is 3.46. The Morgan fingerprint density at radius 1 is 1.39 bits per heavy atom. The number of aryl methyl sites for hydroxylation is 2. The monoisotopic (exact) mass is 323 g/mol. The minimum Gasteiger partial charge on any atom is -0.395 e. The number of aliphatic hydroxyl groups is 1. The predicted octanol–water partition coefficient (Wildman–Crippen LogP) is 1.95. The average molecular weight is 323 g/mol. The highest BCUT2D eigenvalue weighted by atomic mass is 19.1. The van der Waals surface area contributed by atoms with E-state index in [4.69, 9.17) is 5.11 Å². The van der Waals surface area contributed by atoms with Crippen LogP contribution in [0.25, 0.3) is 0 Å². The van der Waals surface area contributed by atoms with E-state index in [1.165, 1.54) is 17.0 Å². The zero-order valence-corrected chi connectivity index (χ0v) is 12.9. The molecule has 23 heavy (non-hydrogen) atoms. The second-order valence-corrected chi connectivity index (χ2v) is 5.27. The van der Waals surface area contributed by atoms with Crippen LogP contribution in [-0.2, 0) is 17.8 Å². The first-order chi connectivity index (χ1) is 11.0. The summed E-state index contributed by atoms with van der Waals surface area (Å²) in [7, 11) is 0. The molecule has 1 heterocycles. The van der Waals surface area contributed by atoms with Crippen molar-refractivity contribution in [2.75, 3.05) is 13.2 Å². The van der Waals surface area contributed by atoms with Crippen molar-refractivity contribution in [3.05, 3.63) is 53.1 Å². The summed E-state index contributed by atoms with van der Waals surface area (Å²) in [5, 5.41) is 9.11. The van der Waals surface area contributed by atoms with E-state index in [1.807, 2.05) is 0 Å². The van der Waals surface area contributed by atoms with E-state index in [-0.39, 0.29) is 31.9 Å². The number of imidazole rings is 1. The molecule has 0 radical (unpaired) electrons. The van der Waals surface area contributed by atoms with E-state index in [1.54, 1.807) is 13.1 Å². The van der Waals surface area contributed by atoms with E-state index in [0.717, 1.165) is 17.6 Å². The number of carbonyl (C=O) groups excluding carboxylic acids is 1. The molecular weight excluding hydrogens is 304 g/mol. The van der Waals surface area contributed by atoms with Gasteiger partial charge in [0.2, 0.25) is 5.91 Å². The van der Waals surface area contributed by atoms with Crippen molar-refractivity contribution in [3.8, 4) is 0 Å². The maximum absolute atomic E-state index is 13.6. The van der Waals surface area contributed by atoms with Crippen molar-refractivity contribution < 1.29 is 18.7 Å². The first kappa shape index (κ1) is 17.1. The number of aromatic nitrogens is 2. The Morgan fingerprint density at radius 2 is 2.17 bits per heavy atom. The molecule has 1 aromatic heterocycles. The summed E-state index contributed by atoms with van der Waals surface area (Å²) in [6, 6.07) is 3.31. The van der Waals surface area contributed by atoms with Crippen molar-refractivity contribution in [3.63, 3.8) is 0 Å². The van der Waals surface area contributed by atoms with Gasteiger partial charge in [-0.05, 0) is 25.0 Å². The van der Waals surface area contributed by atoms with Crippen LogP contribution < -0.4 is 0 Å². The van der Waals surface area contributed by atoms with Gasteiger partial charge < -0.3 is 15.0 Å². The van der Waals surface area contributed by atoms with Crippen LogP contribution in [0.4, 0.5) is 8.78 Å². The fourth-order valence-corrected chi connectivity index (χ4v) is 2.29. The van der Waals surface area contributed by atoms with Gasteiger partial charge >= 0.3 is 0 Å². The molecule has 0 aliphatic carbocycles. The van der Waals surface area contributed by atoms with Crippen LogP contribution in [-0.4, -0.2) is 39.0 Å². The third-order valence-corrected chi connectivity index (χ3v) is 3.46. The van der Waals surface area contributed by atoms with Crippen LogP contribution in [0, 0.1) is 18.6 Å². The summed E-state index contributed by atoms with van der Waals surface area (Å²) in [6.45, 7) is 2.12. The van der Waals surface area contributed by atoms with Gasteiger partial charge in [-0.1, -0.05) is 6.07 Å². The van der Waals surface area contributed by atoms with Gasteiger partial charge in [-0.3, -0.25) is 4.79 Å². The Kier molecular flexibility index (Phi) is 5.81. The highest BCUT2D eigenvalue weighted by Crippen LogP contribution is 2.13. The van der Waals surface area contributed by atoms with E-state index in [2.05, 4.69) is 9.97 Å². The number of hydrogen-bond donors (Lipinski definition) is 2. The Labute approximate surface area is 133 Å². The van der Waals surface area contributed by atoms with Crippen molar-refractivity contribution in [1.29, 1.82) is 0 Å². The van der Waals surface area contributed by atoms with Gasteiger partial charge in [0, 0.05) is 19.0 Å². The number of nitrogens with zero attached hydrogens (tertiary/aromatic N) is 2. The number of nitrogens with one attached hydrogen (secondary N) is 1. The largest absolute Gasteiger partial charge is 0.395 e. The molecule has 7 heteroatoms. The number of benzene rings is 1. The lowest BCUT2D eigenvalue weighted by molar-refractivity contribution is -0.132. The van der Waals surface area contributed by atoms with Crippen LogP contribution in [0.15, 0.2) is 24.4 Å². The lowest BCUT2D eigenvalue weighted by Gasteiger charge is -2.21. The highest BCUT2D eigenvalue weighted by molar-refractivity contribution is 5.76. The molecule has 0 fully saturated rings. The molecule has 5 nitrogen and oxygen atoms in total. The molecule has 0 aliphatic heterocycles. The SMILES string of the molecule is Cc1ncc(CN(CCO)C(=O)CCc2ccc(F)cc2F)[nH]1. The zero-order valence-electron chi connectivity index (χ0n) is 12.9. The second kappa shape index (κ2) is 7.82. The number of rotatable bonds is 7. The minimum atomic E-state index is -0.657. The van der Waals surface area contributed by atoms with Crippen LogP contribution in [0.5, 0.6) is 0 Å². The van der Waals surface area contributed by atoms with Crippen molar-refractivity contribution in [1.82, 2.24) is 14.9 Å². The van der Waals surface area contributed by atoms with Gasteiger partial charge in [0.25, 0.3) is 0 Å². The van der Waals surface area contributed by atoms with Gasteiger partial charge in [0.05, 0.1) is 25.0 Å². The first-order valence-corrected chi connectivity index (χ1v) is 7.32. The Morgan fingerprint density at radius 3 is 2.78 bits per heavy atom. The molecule has 124 valence electrons. The summed E-state index contributed by atoms with van der Waals surface area (Å²) < 4.78 is 26.4. The first-order valence-electron chi connectivity index (χ1n) is 7.32. The van der Waals surface area contributed by atoms with Crippen molar-refractivity contribution in [2.45, 2.75) is 26.3 Å². The van der Waals surface area contributed by atoms with Gasteiger partial charge in [-0.15, -0.1) is 0 Å². The molecule has 2 N–H and O–H groups in total. The maximum Gasteiger partial charge on any atom is 0.223 e. The molecule has 0 saturated heterocycles. The molecule has 0 saturated carbocycles. The molecule has 2 rings (SSSR count).